The molecule has 0 aromatic carbocycles. The number of nitrogens with one attached hydrogen (secondary N) is 1. The summed E-state index contributed by atoms with van der Waals surface area (Å²) in [5, 5.41) is 8.71. The summed E-state index contributed by atoms with van der Waals surface area (Å²) in [5.41, 5.74) is 6.14. The van der Waals surface area contributed by atoms with Crippen LogP contribution in [-0.2, 0) is 0 Å². The van der Waals surface area contributed by atoms with Crippen LogP contribution in [0.3, 0.4) is 0 Å². The largest absolute Gasteiger partial charge is 0.477 e. The third-order valence-electron chi connectivity index (χ3n) is 1.96. The Balaban J connectivity index is 2.62. The molecule has 2 aromatic rings. The first-order chi connectivity index (χ1) is 7.08. The lowest BCUT2D eigenvalue weighted by molar-refractivity contribution is 0.0691. The smallest absolute Gasteiger partial charge is 0.352 e. The minimum atomic E-state index is -1.08. The molecule has 0 aliphatic heterocycles. The van der Waals surface area contributed by atoms with E-state index in [9.17, 15) is 9.59 Å². The molecule has 6 heteroatoms. The molecule has 15 heavy (non-hydrogen) atoms. The molecule has 76 valence electrons. The van der Waals surface area contributed by atoms with Crippen LogP contribution in [0.1, 0.15) is 21.0 Å². The van der Waals surface area contributed by atoms with Gasteiger partial charge in [-0.15, -0.1) is 0 Å². The fourth-order valence-corrected chi connectivity index (χ4v) is 1.26. The topological polar surface area (TPSA) is 109 Å². The summed E-state index contributed by atoms with van der Waals surface area (Å²) in [5.74, 6) is -1.72. The minimum Gasteiger partial charge on any atom is -0.477 e. The number of carboxylic acid groups (broad SMARTS) is 1. The molecule has 6 nitrogen and oxygen atoms in total. The van der Waals surface area contributed by atoms with Crippen LogP contribution in [-0.4, -0.2) is 27.0 Å². The first kappa shape index (κ1) is 9.20. The van der Waals surface area contributed by atoms with E-state index in [1.54, 1.807) is 6.07 Å². The van der Waals surface area contributed by atoms with E-state index in [4.69, 9.17) is 10.8 Å². The van der Waals surface area contributed by atoms with Gasteiger partial charge in [-0.2, -0.15) is 0 Å². The number of carboxylic acids is 1. The molecule has 0 spiro atoms. The molecule has 2 aromatic heterocycles. The molecule has 2 rings (SSSR count). The monoisotopic (exact) mass is 205 g/mol. The molecule has 0 radical (unpaired) electrons. The first-order valence-electron chi connectivity index (χ1n) is 4.11. The number of aromatic nitrogens is 2. The second-order valence-electron chi connectivity index (χ2n) is 2.98. The van der Waals surface area contributed by atoms with Crippen molar-refractivity contribution in [2.24, 2.45) is 5.73 Å². The number of carbonyl (C=O) groups is 2. The molecule has 0 saturated heterocycles. The minimum absolute atomic E-state index is 0.0270. The number of amides is 1. The molecule has 0 bridgehead atoms. The maximum atomic E-state index is 10.8. The molecular weight excluding hydrogens is 198 g/mol. The quantitative estimate of drug-likeness (QED) is 0.657. The van der Waals surface area contributed by atoms with Crippen molar-refractivity contribution in [2.75, 3.05) is 0 Å². The van der Waals surface area contributed by atoms with E-state index < -0.39 is 11.9 Å². The fraction of sp³-hybridized carbons (Fsp3) is 0. The molecule has 0 saturated carbocycles. The van der Waals surface area contributed by atoms with E-state index in [1.165, 1.54) is 12.1 Å². The van der Waals surface area contributed by atoms with Gasteiger partial charge in [0.15, 0.2) is 0 Å². The molecule has 0 fully saturated rings. The summed E-state index contributed by atoms with van der Waals surface area (Å²) in [6, 6.07) is 4.35. The van der Waals surface area contributed by atoms with Gasteiger partial charge in [-0.1, -0.05) is 0 Å². The van der Waals surface area contributed by atoms with Crippen molar-refractivity contribution < 1.29 is 14.7 Å². The second-order valence-corrected chi connectivity index (χ2v) is 2.98. The van der Waals surface area contributed by atoms with Crippen molar-refractivity contribution >= 4 is 22.9 Å². The van der Waals surface area contributed by atoms with Crippen LogP contribution in [0.25, 0.3) is 11.0 Å². The Kier molecular flexibility index (Phi) is 1.89. The van der Waals surface area contributed by atoms with Gasteiger partial charge in [0.1, 0.15) is 11.4 Å². The van der Waals surface area contributed by atoms with Gasteiger partial charge in [0.2, 0.25) is 0 Å². The second kappa shape index (κ2) is 3.09. The Morgan fingerprint density at radius 3 is 2.73 bits per heavy atom. The molecule has 0 unspecified atom stereocenters. The third-order valence-corrected chi connectivity index (χ3v) is 1.96. The number of primary amides is 1. The number of aromatic amines is 1. The lowest BCUT2D eigenvalue weighted by Gasteiger charge is -1.93. The van der Waals surface area contributed by atoms with E-state index in [0.717, 1.165) is 0 Å². The summed E-state index contributed by atoms with van der Waals surface area (Å²) < 4.78 is 0. The number of nitrogens with zero attached hydrogens (tertiary/aromatic N) is 1. The summed E-state index contributed by atoms with van der Waals surface area (Å²) in [7, 11) is 0. The number of rotatable bonds is 2. The number of carbonyl (C=O) groups excluding carboxylic acids is 1. The zero-order valence-electron chi connectivity index (χ0n) is 7.52. The van der Waals surface area contributed by atoms with E-state index in [0.29, 0.717) is 11.0 Å². The normalized spacial score (nSPS) is 10.4. The Morgan fingerprint density at radius 1 is 1.40 bits per heavy atom. The van der Waals surface area contributed by atoms with Crippen molar-refractivity contribution in [1.82, 2.24) is 9.97 Å². The molecular formula is C9H7N3O3. The van der Waals surface area contributed by atoms with Crippen LogP contribution in [0.15, 0.2) is 18.2 Å². The SMILES string of the molecule is NC(=O)c1ccc2[nH]c(C(=O)O)cc2n1. The van der Waals surface area contributed by atoms with Crippen molar-refractivity contribution in [3.05, 3.63) is 29.6 Å². The summed E-state index contributed by atoms with van der Waals surface area (Å²) >= 11 is 0. The van der Waals surface area contributed by atoms with Gasteiger partial charge in [-0.3, -0.25) is 4.79 Å². The predicted molar refractivity (Wildman–Crippen MR) is 51.6 cm³/mol. The van der Waals surface area contributed by atoms with Crippen LogP contribution >= 0.6 is 0 Å². The predicted octanol–water partition coefficient (Wildman–Crippen LogP) is 0.360. The molecule has 2 heterocycles. The van der Waals surface area contributed by atoms with E-state index >= 15 is 0 Å². The Bertz CT molecular complexity index is 547. The van der Waals surface area contributed by atoms with Crippen LogP contribution in [0.4, 0.5) is 0 Å². The number of H-pyrrole nitrogens is 1. The summed E-state index contributed by atoms with van der Waals surface area (Å²) in [4.78, 5) is 28.0. The first-order valence-corrected chi connectivity index (χ1v) is 4.11. The molecule has 0 atom stereocenters. The highest BCUT2D eigenvalue weighted by molar-refractivity contribution is 5.96. The van der Waals surface area contributed by atoms with E-state index in [2.05, 4.69) is 9.97 Å². The Labute approximate surface area is 83.7 Å². The van der Waals surface area contributed by atoms with Gasteiger partial charge in [-0.25, -0.2) is 9.78 Å². The number of hydrogen-bond donors (Lipinski definition) is 3. The van der Waals surface area contributed by atoms with Crippen LogP contribution in [0.5, 0.6) is 0 Å². The average Bonchev–Trinajstić information content (AvgIpc) is 2.59. The zero-order valence-corrected chi connectivity index (χ0v) is 7.52. The highest BCUT2D eigenvalue weighted by atomic mass is 16.4. The van der Waals surface area contributed by atoms with Gasteiger partial charge in [-0.05, 0) is 18.2 Å². The molecule has 1 amide bonds. The number of nitrogens with two attached hydrogens (primary N) is 1. The lowest BCUT2D eigenvalue weighted by Crippen LogP contribution is -2.12. The van der Waals surface area contributed by atoms with Gasteiger partial charge >= 0.3 is 5.97 Å². The highest BCUT2D eigenvalue weighted by Crippen LogP contribution is 2.13. The number of pyridine rings is 1. The van der Waals surface area contributed by atoms with E-state index in [1.807, 2.05) is 0 Å². The fourth-order valence-electron chi connectivity index (χ4n) is 1.26. The van der Waals surface area contributed by atoms with Crippen molar-refractivity contribution in [3.63, 3.8) is 0 Å². The van der Waals surface area contributed by atoms with Gasteiger partial charge in [0.25, 0.3) is 5.91 Å². The van der Waals surface area contributed by atoms with Crippen molar-refractivity contribution in [3.8, 4) is 0 Å². The standard InChI is InChI=1S/C9H7N3O3/c10-8(13)5-2-1-4-6(12-5)3-7(11-4)9(14)15/h1-3,11H,(H2,10,13)(H,14,15). The van der Waals surface area contributed by atoms with Crippen molar-refractivity contribution in [1.29, 1.82) is 0 Å². The van der Waals surface area contributed by atoms with E-state index in [-0.39, 0.29) is 11.4 Å². The van der Waals surface area contributed by atoms with Crippen LogP contribution in [0.2, 0.25) is 0 Å². The number of aromatic carboxylic acids is 1. The van der Waals surface area contributed by atoms with Gasteiger partial charge in [0, 0.05) is 0 Å². The summed E-state index contributed by atoms with van der Waals surface area (Å²) in [6.45, 7) is 0. The molecule has 0 aliphatic carbocycles. The Morgan fingerprint density at radius 2 is 2.13 bits per heavy atom. The van der Waals surface area contributed by atoms with Crippen LogP contribution in [0, 0.1) is 0 Å². The van der Waals surface area contributed by atoms with Crippen LogP contribution < -0.4 is 5.73 Å². The van der Waals surface area contributed by atoms with Crippen molar-refractivity contribution in [2.45, 2.75) is 0 Å². The highest BCUT2D eigenvalue weighted by Gasteiger charge is 2.10. The van der Waals surface area contributed by atoms with Gasteiger partial charge in [0.05, 0.1) is 11.0 Å². The number of hydrogen-bond acceptors (Lipinski definition) is 3. The summed E-state index contributed by atoms with van der Waals surface area (Å²) in [6.07, 6.45) is 0. The zero-order chi connectivity index (χ0) is 11.0. The maximum Gasteiger partial charge on any atom is 0.352 e. The molecule has 4 N–H and O–H groups in total. The Hall–Kier alpha value is -2.37. The lowest BCUT2D eigenvalue weighted by atomic mass is 10.3. The third kappa shape index (κ3) is 1.52. The maximum absolute atomic E-state index is 10.8. The molecule has 0 aliphatic rings. The average molecular weight is 205 g/mol. The number of fused-ring (bicyclic) bond motifs is 1. The van der Waals surface area contributed by atoms with Gasteiger partial charge < -0.3 is 15.8 Å².